The fraction of sp³-hybridized carbons (Fsp3) is 0.500. The van der Waals surface area contributed by atoms with Crippen LogP contribution < -0.4 is 15.0 Å². The molecule has 6 heteroatoms. The second kappa shape index (κ2) is 7.11. The highest BCUT2D eigenvalue weighted by molar-refractivity contribution is 6.01. The Balaban J connectivity index is 1.90. The molecule has 140 valence electrons. The highest BCUT2D eigenvalue weighted by atomic mass is 16.5. The molecule has 2 heterocycles. The molecular formula is C20H27N3O3. The minimum Gasteiger partial charge on any atom is -0.494 e. The molecule has 0 saturated carbocycles. The maximum atomic E-state index is 13.2. The van der Waals surface area contributed by atoms with E-state index in [2.05, 4.69) is 18.3 Å². The van der Waals surface area contributed by atoms with Crippen molar-refractivity contribution in [2.75, 3.05) is 37.7 Å². The number of piperazine rings is 1. The Hall–Kier alpha value is -2.34. The SMILES string of the molecule is CCOc1ccc2c(c1)C(C)=CC(C)(C)N2C(=O)CN1CCNC(=O)C1. The fourth-order valence-electron chi connectivity index (χ4n) is 3.81. The van der Waals surface area contributed by atoms with E-state index in [-0.39, 0.29) is 24.9 Å². The number of anilines is 1. The van der Waals surface area contributed by atoms with Crippen molar-refractivity contribution in [1.82, 2.24) is 10.2 Å². The number of hydrogen-bond donors (Lipinski definition) is 1. The molecule has 0 spiro atoms. The van der Waals surface area contributed by atoms with Crippen LogP contribution in [-0.4, -0.2) is 55.0 Å². The second-order valence-electron chi connectivity index (χ2n) is 7.38. The summed E-state index contributed by atoms with van der Waals surface area (Å²) in [4.78, 5) is 28.5. The van der Waals surface area contributed by atoms with Crippen molar-refractivity contribution < 1.29 is 14.3 Å². The molecule has 0 unspecified atom stereocenters. The molecule has 2 aliphatic heterocycles. The van der Waals surface area contributed by atoms with Crippen LogP contribution in [0.2, 0.25) is 0 Å². The van der Waals surface area contributed by atoms with E-state index < -0.39 is 5.54 Å². The number of ether oxygens (including phenoxy) is 1. The number of benzene rings is 1. The first-order valence-corrected chi connectivity index (χ1v) is 9.10. The van der Waals surface area contributed by atoms with Gasteiger partial charge in [-0.3, -0.25) is 14.5 Å². The average Bonchev–Trinajstić information content (AvgIpc) is 2.55. The molecule has 3 rings (SSSR count). The van der Waals surface area contributed by atoms with Crippen LogP contribution in [0.5, 0.6) is 5.75 Å². The van der Waals surface area contributed by atoms with Crippen LogP contribution in [0.3, 0.4) is 0 Å². The molecule has 0 atom stereocenters. The first kappa shape index (κ1) is 18.5. The van der Waals surface area contributed by atoms with Gasteiger partial charge in [-0.2, -0.15) is 0 Å². The summed E-state index contributed by atoms with van der Waals surface area (Å²) >= 11 is 0. The molecule has 1 N–H and O–H groups in total. The summed E-state index contributed by atoms with van der Waals surface area (Å²) in [6.07, 6.45) is 2.12. The summed E-state index contributed by atoms with van der Waals surface area (Å²) in [5, 5.41) is 2.79. The average molecular weight is 357 g/mol. The smallest absolute Gasteiger partial charge is 0.241 e. The molecule has 0 bridgehead atoms. The van der Waals surface area contributed by atoms with Gasteiger partial charge in [0.05, 0.1) is 30.9 Å². The van der Waals surface area contributed by atoms with Gasteiger partial charge in [-0.1, -0.05) is 6.08 Å². The van der Waals surface area contributed by atoms with Gasteiger partial charge in [-0.25, -0.2) is 0 Å². The van der Waals surface area contributed by atoms with Gasteiger partial charge < -0.3 is 15.0 Å². The number of carbonyl (C=O) groups is 2. The Labute approximate surface area is 154 Å². The lowest BCUT2D eigenvalue weighted by Gasteiger charge is -2.42. The van der Waals surface area contributed by atoms with Crippen molar-refractivity contribution in [2.24, 2.45) is 0 Å². The van der Waals surface area contributed by atoms with E-state index in [1.54, 1.807) is 0 Å². The molecule has 26 heavy (non-hydrogen) atoms. The first-order valence-electron chi connectivity index (χ1n) is 9.10. The number of rotatable bonds is 4. The van der Waals surface area contributed by atoms with E-state index in [0.29, 0.717) is 19.7 Å². The van der Waals surface area contributed by atoms with E-state index in [4.69, 9.17) is 4.74 Å². The van der Waals surface area contributed by atoms with E-state index in [0.717, 1.165) is 22.6 Å². The van der Waals surface area contributed by atoms with Gasteiger partial charge in [0.2, 0.25) is 11.8 Å². The summed E-state index contributed by atoms with van der Waals surface area (Å²) in [7, 11) is 0. The number of allylic oxidation sites excluding steroid dienone is 1. The van der Waals surface area contributed by atoms with Crippen LogP contribution in [0, 0.1) is 0 Å². The molecular weight excluding hydrogens is 330 g/mol. The van der Waals surface area contributed by atoms with Gasteiger partial charge in [-0.15, -0.1) is 0 Å². The maximum Gasteiger partial charge on any atom is 0.241 e. The Morgan fingerprint density at radius 2 is 2.12 bits per heavy atom. The number of carbonyl (C=O) groups excluding carboxylic acids is 2. The largest absolute Gasteiger partial charge is 0.494 e. The first-order chi connectivity index (χ1) is 12.3. The quantitative estimate of drug-likeness (QED) is 0.896. The molecule has 0 aliphatic carbocycles. The van der Waals surface area contributed by atoms with Gasteiger partial charge >= 0.3 is 0 Å². The van der Waals surface area contributed by atoms with Crippen molar-refractivity contribution in [3.05, 3.63) is 29.8 Å². The zero-order chi connectivity index (χ0) is 18.9. The zero-order valence-electron chi connectivity index (χ0n) is 16.0. The second-order valence-corrected chi connectivity index (χ2v) is 7.38. The van der Waals surface area contributed by atoms with Crippen LogP contribution in [0.1, 0.15) is 33.3 Å². The summed E-state index contributed by atoms with van der Waals surface area (Å²) in [5.74, 6) is 0.775. The Morgan fingerprint density at radius 3 is 2.81 bits per heavy atom. The van der Waals surface area contributed by atoms with E-state index >= 15 is 0 Å². The number of nitrogens with zero attached hydrogens (tertiary/aromatic N) is 2. The van der Waals surface area contributed by atoms with E-state index in [9.17, 15) is 9.59 Å². The molecule has 1 aromatic carbocycles. The highest BCUT2D eigenvalue weighted by Crippen LogP contribution is 2.40. The summed E-state index contributed by atoms with van der Waals surface area (Å²) in [6.45, 7) is 10.5. The predicted molar refractivity (Wildman–Crippen MR) is 102 cm³/mol. The van der Waals surface area contributed by atoms with Crippen LogP contribution in [0.15, 0.2) is 24.3 Å². The zero-order valence-corrected chi connectivity index (χ0v) is 16.0. The number of hydrogen-bond acceptors (Lipinski definition) is 4. The highest BCUT2D eigenvalue weighted by Gasteiger charge is 2.36. The number of fused-ring (bicyclic) bond motifs is 1. The molecule has 1 fully saturated rings. The standard InChI is InChI=1S/C20H27N3O3/c1-5-26-15-6-7-17-16(10-15)14(2)11-20(3,4)23(17)19(25)13-22-9-8-21-18(24)12-22/h6-7,10-11H,5,8-9,12-13H2,1-4H3,(H,21,24). The molecule has 2 amide bonds. The Morgan fingerprint density at radius 1 is 1.35 bits per heavy atom. The third-order valence-corrected chi connectivity index (χ3v) is 4.82. The van der Waals surface area contributed by atoms with Gasteiger partial charge in [0.15, 0.2) is 0 Å². The van der Waals surface area contributed by atoms with Crippen LogP contribution in [0.25, 0.3) is 5.57 Å². The lowest BCUT2D eigenvalue weighted by molar-refractivity contribution is -0.126. The van der Waals surface area contributed by atoms with Crippen molar-refractivity contribution in [3.8, 4) is 5.75 Å². The maximum absolute atomic E-state index is 13.2. The molecule has 1 saturated heterocycles. The molecule has 0 aromatic heterocycles. The van der Waals surface area contributed by atoms with Crippen LogP contribution in [-0.2, 0) is 9.59 Å². The van der Waals surface area contributed by atoms with Gasteiger partial charge in [-0.05, 0) is 51.5 Å². The van der Waals surface area contributed by atoms with Crippen LogP contribution in [0.4, 0.5) is 5.69 Å². The Kier molecular flexibility index (Phi) is 5.05. The summed E-state index contributed by atoms with van der Waals surface area (Å²) < 4.78 is 5.62. The number of nitrogens with one attached hydrogen (secondary N) is 1. The molecule has 1 aromatic rings. The van der Waals surface area contributed by atoms with Gasteiger partial charge in [0, 0.05) is 18.7 Å². The molecule has 6 nitrogen and oxygen atoms in total. The molecule has 0 radical (unpaired) electrons. The topological polar surface area (TPSA) is 61.9 Å². The Bertz CT molecular complexity index is 755. The lowest BCUT2D eigenvalue weighted by atomic mass is 9.88. The van der Waals surface area contributed by atoms with Gasteiger partial charge in [0.25, 0.3) is 0 Å². The van der Waals surface area contributed by atoms with Crippen molar-refractivity contribution >= 4 is 23.1 Å². The minimum atomic E-state index is -0.431. The minimum absolute atomic E-state index is 0.00106. The summed E-state index contributed by atoms with van der Waals surface area (Å²) in [6, 6.07) is 5.86. The van der Waals surface area contributed by atoms with Crippen molar-refractivity contribution in [3.63, 3.8) is 0 Å². The molecule has 2 aliphatic rings. The van der Waals surface area contributed by atoms with Crippen molar-refractivity contribution in [2.45, 2.75) is 33.2 Å². The van der Waals surface area contributed by atoms with E-state index in [1.165, 1.54) is 0 Å². The normalized spacial score (nSPS) is 19.5. The lowest BCUT2D eigenvalue weighted by Crippen LogP contribution is -2.55. The van der Waals surface area contributed by atoms with Crippen molar-refractivity contribution in [1.29, 1.82) is 0 Å². The summed E-state index contributed by atoms with van der Waals surface area (Å²) in [5.41, 5.74) is 2.61. The van der Waals surface area contributed by atoms with Gasteiger partial charge in [0.1, 0.15) is 5.75 Å². The van der Waals surface area contributed by atoms with Crippen LogP contribution >= 0.6 is 0 Å². The van der Waals surface area contributed by atoms with E-state index in [1.807, 2.05) is 48.8 Å². The monoisotopic (exact) mass is 357 g/mol. The third kappa shape index (κ3) is 3.60. The fourth-order valence-corrected chi connectivity index (χ4v) is 3.81. The third-order valence-electron chi connectivity index (χ3n) is 4.82. The number of amides is 2. The predicted octanol–water partition coefficient (Wildman–Crippen LogP) is 2.05.